The Bertz CT molecular complexity index is 2180. The summed E-state index contributed by atoms with van der Waals surface area (Å²) in [5, 5.41) is 19.6. The van der Waals surface area contributed by atoms with Crippen molar-refractivity contribution in [2.45, 2.75) is 24.2 Å². The summed E-state index contributed by atoms with van der Waals surface area (Å²) in [4.78, 5) is 70.8. The van der Waals surface area contributed by atoms with Gasteiger partial charge in [-0.3, -0.25) is 24.1 Å². The highest BCUT2D eigenvalue weighted by molar-refractivity contribution is 6.32. The van der Waals surface area contributed by atoms with Crippen LogP contribution in [0.1, 0.15) is 45.8 Å². The number of imide groups is 1. The van der Waals surface area contributed by atoms with E-state index in [1.807, 2.05) is 12.1 Å². The smallest absolute Gasteiger partial charge is 0.335 e. The molecule has 0 aromatic heterocycles. The predicted molar refractivity (Wildman–Crippen MR) is 181 cm³/mol. The lowest BCUT2D eigenvalue weighted by Crippen LogP contribution is -2.58. The van der Waals surface area contributed by atoms with Crippen LogP contribution in [0.25, 0.3) is 5.57 Å². The van der Waals surface area contributed by atoms with E-state index in [0.717, 1.165) is 4.90 Å². The number of benzene rings is 4. The number of phenolic OH excluding ortho intramolecular Hbond substituents is 1. The van der Waals surface area contributed by atoms with Crippen LogP contribution in [0.2, 0.25) is 0 Å². The molecule has 50 heavy (non-hydrogen) atoms. The van der Waals surface area contributed by atoms with Crippen LogP contribution in [-0.4, -0.2) is 39.6 Å². The van der Waals surface area contributed by atoms with Gasteiger partial charge in [-0.1, -0.05) is 78.4 Å². The molecule has 0 unspecified atom stereocenters. The number of carbonyl (C=O) groups is 5. The van der Waals surface area contributed by atoms with E-state index in [9.17, 15) is 34.2 Å². The second kappa shape index (κ2) is 11.6. The number of rotatable bonds is 5. The van der Waals surface area contributed by atoms with E-state index < -0.39 is 64.4 Å². The number of phenols is 1. The first-order valence-corrected chi connectivity index (χ1v) is 16.4. The van der Waals surface area contributed by atoms with E-state index in [1.54, 1.807) is 60.7 Å². The molecule has 8 rings (SSSR count). The molecule has 1 aliphatic heterocycles. The van der Waals surface area contributed by atoms with Gasteiger partial charge in [-0.25, -0.2) is 9.18 Å². The SMILES string of the molecule is O=C(O)c1ccc(N2C(=O)[C@H]3[C@H](CC=C4[C@H]3C[C@H]3C(=O)C(c5ccccc5)=CC(=O)[C@@]3(c3ccccc3)[C@H]4c3ccc(O)c(F)c3)C2=O)cc1. The molecule has 6 atom stereocenters. The van der Waals surface area contributed by atoms with Crippen LogP contribution in [-0.2, 0) is 24.6 Å². The molecule has 248 valence electrons. The number of allylic oxidation sites excluding steroid dienone is 4. The minimum absolute atomic E-state index is 0.00507. The van der Waals surface area contributed by atoms with Crippen molar-refractivity contribution in [1.82, 2.24) is 0 Å². The van der Waals surface area contributed by atoms with E-state index in [4.69, 9.17) is 0 Å². The Morgan fingerprint density at radius 1 is 0.820 bits per heavy atom. The van der Waals surface area contributed by atoms with Gasteiger partial charge in [-0.05, 0) is 77.9 Å². The predicted octanol–water partition coefficient (Wildman–Crippen LogP) is 6.26. The topological polar surface area (TPSA) is 129 Å². The average molecular weight is 668 g/mol. The maximum atomic E-state index is 15.2. The Labute approximate surface area is 286 Å². The van der Waals surface area contributed by atoms with Gasteiger partial charge >= 0.3 is 5.97 Å². The number of hydrogen-bond acceptors (Lipinski definition) is 6. The Morgan fingerprint density at radius 3 is 2.16 bits per heavy atom. The Hall–Kier alpha value is -5.96. The van der Waals surface area contributed by atoms with Crippen LogP contribution in [0.3, 0.4) is 0 Å². The van der Waals surface area contributed by atoms with Gasteiger partial charge in [0.2, 0.25) is 11.8 Å². The van der Waals surface area contributed by atoms with Crippen LogP contribution in [0.15, 0.2) is 121 Å². The van der Waals surface area contributed by atoms with Crippen molar-refractivity contribution in [3.63, 3.8) is 0 Å². The lowest BCUT2D eigenvalue weighted by atomic mass is 9.44. The molecule has 0 radical (unpaired) electrons. The molecule has 9 heteroatoms. The van der Waals surface area contributed by atoms with Gasteiger partial charge in [0.05, 0.1) is 28.5 Å². The molecule has 2 N–H and O–H groups in total. The van der Waals surface area contributed by atoms with Gasteiger partial charge in [0.1, 0.15) is 0 Å². The summed E-state index contributed by atoms with van der Waals surface area (Å²) in [5.74, 6) is -8.34. The van der Waals surface area contributed by atoms with Crippen molar-refractivity contribution in [3.05, 3.63) is 149 Å². The summed E-state index contributed by atoms with van der Waals surface area (Å²) in [6.07, 6.45) is 3.52. The highest BCUT2D eigenvalue weighted by Gasteiger charge is 2.66. The van der Waals surface area contributed by atoms with E-state index in [-0.39, 0.29) is 41.2 Å². The highest BCUT2D eigenvalue weighted by atomic mass is 19.1. The van der Waals surface area contributed by atoms with Crippen LogP contribution in [0.5, 0.6) is 5.75 Å². The third kappa shape index (κ3) is 4.46. The first kappa shape index (κ1) is 31.3. The van der Waals surface area contributed by atoms with Gasteiger partial charge in [-0.15, -0.1) is 0 Å². The Morgan fingerprint density at radius 2 is 1.50 bits per heavy atom. The third-order valence-electron chi connectivity index (χ3n) is 11.1. The molecule has 1 saturated heterocycles. The molecule has 0 bridgehead atoms. The molecule has 4 aromatic carbocycles. The first-order chi connectivity index (χ1) is 24.1. The number of amides is 2. The fourth-order valence-electron chi connectivity index (χ4n) is 8.96. The van der Waals surface area contributed by atoms with E-state index in [0.29, 0.717) is 22.3 Å². The molecule has 4 aromatic rings. The zero-order chi connectivity index (χ0) is 34.9. The lowest BCUT2D eigenvalue weighted by molar-refractivity contribution is -0.135. The van der Waals surface area contributed by atoms with Crippen molar-refractivity contribution in [3.8, 4) is 5.75 Å². The molecular formula is C41H30FNO7. The summed E-state index contributed by atoms with van der Waals surface area (Å²) in [7, 11) is 0. The summed E-state index contributed by atoms with van der Waals surface area (Å²) >= 11 is 0. The summed E-state index contributed by atoms with van der Waals surface area (Å²) < 4.78 is 15.2. The number of ketones is 2. The van der Waals surface area contributed by atoms with Gasteiger partial charge < -0.3 is 10.2 Å². The standard InChI is InChI=1S/C41H30FNO7/c42-32-19-24(13-18-33(32)44)36-27-16-17-28-35(39(48)43(38(28)47)26-14-11-23(12-15-26)40(49)50)30(27)20-31-37(46)29(22-7-3-1-4-8-22)21-34(45)41(31,36)25-9-5-2-6-10-25/h1-16,18-19,21,28,30-31,35-36,44H,17,20H2,(H,49,50)/t28-,30+,31-,35-,36-,41-/m0/s1. The van der Waals surface area contributed by atoms with Crippen molar-refractivity contribution < 1.29 is 38.6 Å². The van der Waals surface area contributed by atoms with Crippen molar-refractivity contribution in [2.24, 2.45) is 23.7 Å². The van der Waals surface area contributed by atoms with Gasteiger partial charge in [0.25, 0.3) is 0 Å². The van der Waals surface area contributed by atoms with Crippen molar-refractivity contribution in [2.75, 3.05) is 4.90 Å². The number of carboxylic acid groups (broad SMARTS) is 1. The number of Topliss-reactive ketones (excluding diaryl/α,β-unsaturated/α-hetero) is 1. The third-order valence-corrected chi connectivity index (χ3v) is 11.1. The molecule has 2 fully saturated rings. The molecule has 2 amide bonds. The number of carboxylic acids is 1. The molecular weight excluding hydrogens is 637 g/mol. The number of fused-ring (bicyclic) bond motifs is 4. The number of aromatic hydroxyl groups is 1. The molecule has 4 aliphatic rings. The molecule has 1 heterocycles. The molecule has 8 nitrogen and oxygen atoms in total. The Kier molecular flexibility index (Phi) is 7.25. The number of carbonyl (C=O) groups excluding carboxylic acids is 4. The summed E-state index contributed by atoms with van der Waals surface area (Å²) in [6, 6.07) is 27.3. The number of nitrogens with zero attached hydrogens (tertiary/aromatic N) is 1. The fraction of sp³-hybridized carbons (Fsp3) is 0.195. The monoisotopic (exact) mass is 667 g/mol. The normalized spacial score (nSPS) is 27.2. The minimum atomic E-state index is -1.52. The van der Waals surface area contributed by atoms with E-state index in [2.05, 4.69) is 0 Å². The van der Waals surface area contributed by atoms with Crippen molar-refractivity contribution in [1.29, 1.82) is 0 Å². The zero-order valence-corrected chi connectivity index (χ0v) is 26.5. The largest absolute Gasteiger partial charge is 0.505 e. The number of halogens is 1. The maximum Gasteiger partial charge on any atom is 0.335 e. The van der Waals surface area contributed by atoms with E-state index >= 15 is 4.39 Å². The van der Waals surface area contributed by atoms with Gasteiger partial charge in [0, 0.05) is 17.4 Å². The number of anilines is 1. The highest BCUT2D eigenvalue weighted by Crippen LogP contribution is 2.63. The molecule has 1 saturated carbocycles. The Balaban J connectivity index is 1.33. The maximum absolute atomic E-state index is 15.2. The lowest BCUT2D eigenvalue weighted by Gasteiger charge is -2.55. The molecule has 0 spiro atoms. The zero-order valence-electron chi connectivity index (χ0n) is 26.5. The van der Waals surface area contributed by atoms with E-state index in [1.165, 1.54) is 42.5 Å². The van der Waals surface area contributed by atoms with Crippen molar-refractivity contribution >= 4 is 40.6 Å². The minimum Gasteiger partial charge on any atom is -0.505 e. The van der Waals surface area contributed by atoms with Crippen LogP contribution >= 0.6 is 0 Å². The summed E-state index contributed by atoms with van der Waals surface area (Å²) in [6.45, 7) is 0. The average Bonchev–Trinajstić information content (AvgIpc) is 3.39. The van der Waals surface area contributed by atoms with Crippen LogP contribution in [0.4, 0.5) is 10.1 Å². The second-order valence-corrected chi connectivity index (χ2v) is 13.4. The number of aromatic carboxylic acids is 1. The van der Waals surface area contributed by atoms with Gasteiger partial charge in [-0.2, -0.15) is 0 Å². The first-order valence-electron chi connectivity index (χ1n) is 16.4. The van der Waals surface area contributed by atoms with Crippen LogP contribution in [0, 0.1) is 29.5 Å². The van der Waals surface area contributed by atoms with Gasteiger partial charge in [0.15, 0.2) is 23.1 Å². The fourth-order valence-corrected chi connectivity index (χ4v) is 8.96. The number of hydrogen-bond donors (Lipinski definition) is 2. The second-order valence-electron chi connectivity index (χ2n) is 13.4. The summed E-state index contributed by atoms with van der Waals surface area (Å²) in [5.41, 5.74) is 1.14. The molecule has 3 aliphatic carbocycles. The van der Waals surface area contributed by atoms with Crippen LogP contribution < -0.4 is 4.90 Å². The quantitative estimate of drug-likeness (QED) is 0.190.